The lowest BCUT2D eigenvalue weighted by Gasteiger charge is -1.92. The van der Waals surface area contributed by atoms with Crippen LogP contribution in [0, 0.1) is 22.7 Å². The molecule has 3 nitrogen and oxygen atoms in total. The van der Waals surface area contributed by atoms with Crippen LogP contribution in [0.3, 0.4) is 0 Å². The number of aromatic amines is 1. The maximum absolute atomic E-state index is 8.69. The number of H-pyrrole nitrogens is 1. The van der Waals surface area contributed by atoms with E-state index in [1.165, 1.54) is 0 Å². The fraction of sp³-hybridized carbons (Fsp3) is 0.0909. The summed E-state index contributed by atoms with van der Waals surface area (Å²) in [5, 5.41) is 18.3. The SMILES string of the molecule is N#CCc1c[nH]c2cc(C#N)ccc12. The molecule has 66 valence electrons. The van der Waals surface area contributed by atoms with Crippen molar-refractivity contribution in [2.24, 2.45) is 0 Å². The second-order valence-corrected chi connectivity index (χ2v) is 3.02. The molecule has 0 spiro atoms. The fourth-order valence-electron chi connectivity index (χ4n) is 1.49. The second-order valence-electron chi connectivity index (χ2n) is 3.02. The molecule has 0 aliphatic rings. The van der Waals surface area contributed by atoms with Gasteiger partial charge in [0.05, 0.1) is 24.1 Å². The van der Waals surface area contributed by atoms with Gasteiger partial charge in [-0.15, -0.1) is 0 Å². The van der Waals surface area contributed by atoms with Gasteiger partial charge >= 0.3 is 0 Å². The average Bonchev–Trinajstić information content (AvgIpc) is 2.61. The van der Waals surface area contributed by atoms with Crippen molar-refractivity contribution in [1.29, 1.82) is 10.5 Å². The molecular formula is C11H7N3. The third-order valence-electron chi connectivity index (χ3n) is 2.17. The van der Waals surface area contributed by atoms with Crippen molar-refractivity contribution in [3.05, 3.63) is 35.5 Å². The third-order valence-corrected chi connectivity index (χ3v) is 2.17. The molecule has 0 bridgehead atoms. The van der Waals surface area contributed by atoms with Crippen molar-refractivity contribution in [1.82, 2.24) is 4.98 Å². The van der Waals surface area contributed by atoms with Crippen LogP contribution in [0.15, 0.2) is 24.4 Å². The Morgan fingerprint density at radius 2 is 2.14 bits per heavy atom. The predicted molar refractivity (Wildman–Crippen MR) is 52.3 cm³/mol. The standard InChI is InChI=1S/C11H7N3/c12-4-3-9-7-14-11-5-8(6-13)1-2-10(9)11/h1-2,5,7,14H,3H2. The summed E-state index contributed by atoms with van der Waals surface area (Å²) in [4.78, 5) is 3.05. The van der Waals surface area contributed by atoms with Crippen LogP contribution in [0.5, 0.6) is 0 Å². The van der Waals surface area contributed by atoms with Gasteiger partial charge in [-0.3, -0.25) is 0 Å². The molecule has 0 saturated heterocycles. The summed E-state index contributed by atoms with van der Waals surface area (Å²) in [5.74, 6) is 0. The lowest BCUT2D eigenvalue weighted by Crippen LogP contribution is -1.78. The predicted octanol–water partition coefficient (Wildman–Crippen LogP) is 2.11. The third kappa shape index (κ3) is 1.22. The molecule has 0 aliphatic carbocycles. The summed E-state index contributed by atoms with van der Waals surface area (Å²) in [6.45, 7) is 0. The van der Waals surface area contributed by atoms with Gasteiger partial charge in [0, 0.05) is 17.1 Å². The second kappa shape index (κ2) is 3.24. The minimum atomic E-state index is 0.395. The van der Waals surface area contributed by atoms with Crippen LogP contribution in [-0.2, 0) is 6.42 Å². The van der Waals surface area contributed by atoms with E-state index in [-0.39, 0.29) is 0 Å². The Morgan fingerprint density at radius 3 is 2.86 bits per heavy atom. The van der Waals surface area contributed by atoms with E-state index in [4.69, 9.17) is 10.5 Å². The molecular weight excluding hydrogens is 174 g/mol. The van der Waals surface area contributed by atoms with Gasteiger partial charge in [0.25, 0.3) is 0 Å². The molecule has 0 fully saturated rings. The zero-order valence-corrected chi connectivity index (χ0v) is 7.41. The summed E-state index contributed by atoms with van der Waals surface area (Å²) < 4.78 is 0. The number of nitrogens with one attached hydrogen (secondary N) is 1. The maximum Gasteiger partial charge on any atom is 0.0992 e. The summed E-state index contributed by atoms with van der Waals surface area (Å²) in [7, 11) is 0. The van der Waals surface area contributed by atoms with Crippen LogP contribution < -0.4 is 0 Å². The molecule has 2 aromatic rings. The first-order valence-corrected chi connectivity index (χ1v) is 4.22. The summed E-state index contributed by atoms with van der Waals surface area (Å²) in [6.07, 6.45) is 2.21. The Hall–Kier alpha value is -2.26. The highest BCUT2D eigenvalue weighted by Crippen LogP contribution is 2.19. The number of hydrogen-bond donors (Lipinski definition) is 1. The van der Waals surface area contributed by atoms with E-state index < -0.39 is 0 Å². The lowest BCUT2D eigenvalue weighted by atomic mass is 10.1. The topological polar surface area (TPSA) is 63.4 Å². The first-order valence-electron chi connectivity index (χ1n) is 4.22. The Labute approximate surface area is 81.2 Å². The van der Waals surface area contributed by atoms with Crippen LogP contribution in [0.2, 0.25) is 0 Å². The Bertz CT molecular complexity index is 552. The van der Waals surface area contributed by atoms with Gasteiger partial charge in [-0.2, -0.15) is 10.5 Å². The van der Waals surface area contributed by atoms with Gasteiger partial charge in [0.15, 0.2) is 0 Å². The van der Waals surface area contributed by atoms with Gasteiger partial charge in [-0.25, -0.2) is 0 Å². The van der Waals surface area contributed by atoms with Crippen molar-refractivity contribution in [2.75, 3.05) is 0 Å². The molecule has 0 atom stereocenters. The van der Waals surface area contributed by atoms with Gasteiger partial charge in [-0.05, 0) is 17.7 Å². The van der Waals surface area contributed by atoms with Gasteiger partial charge in [0.1, 0.15) is 0 Å². The number of aromatic nitrogens is 1. The van der Waals surface area contributed by atoms with Crippen molar-refractivity contribution in [3.63, 3.8) is 0 Å². The number of nitrogens with zero attached hydrogens (tertiary/aromatic N) is 2. The van der Waals surface area contributed by atoms with Crippen LogP contribution in [0.1, 0.15) is 11.1 Å². The van der Waals surface area contributed by atoms with Gasteiger partial charge in [-0.1, -0.05) is 6.07 Å². The maximum atomic E-state index is 8.69. The first-order chi connectivity index (χ1) is 6.85. The van der Waals surface area contributed by atoms with E-state index in [9.17, 15) is 0 Å². The molecule has 0 radical (unpaired) electrons. The Kier molecular flexibility index (Phi) is 1.93. The van der Waals surface area contributed by atoms with E-state index in [2.05, 4.69) is 17.1 Å². The molecule has 0 aliphatic heterocycles. The summed E-state index contributed by atoms with van der Waals surface area (Å²) in [6, 6.07) is 9.60. The molecule has 1 heterocycles. The van der Waals surface area contributed by atoms with E-state index in [0.29, 0.717) is 12.0 Å². The van der Waals surface area contributed by atoms with E-state index >= 15 is 0 Å². The Morgan fingerprint density at radius 1 is 1.29 bits per heavy atom. The molecule has 0 unspecified atom stereocenters. The number of nitriles is 2. The van der Waals surface area contributed by atoms with Crippen molar-refractivity contribution in [3.8, 4) is 12.1 Å². The van der Waals surface area contributed by atoms with Crippen LogP contribution in [0.25, 0.3) is 10.9 Å². The quantitative estimate of drug-likeness (QED) is 0.732. The van der Waals surface area contributed by atoms with Crippen molar-refractivity contribution < 1.29 is 0 Å². The zero-order chi connectivity index (χ0) is 9.97. The van der Waals surface area contributed by atoms with Gasteiger partial charge in [0.2, 0.25) is 0 Å². The molecule has 2 rings (SSSR count). The molecule has 14 heavy (non-hydrogen) atoms. The van der Waals surface area contributed by atoms with E-state index in [0.717, 1.165) is 16.5 Å². The minimum absolute atomic E-state index is 0.395. The number of benzene rings is 1. The number of fused-ring (bicyclic) bond motifs is 1. The normalized spacial score (nSPS) is 9.57. The highest BCUT2D eigenvalue weighted by atomic mass is 14.7. The molecule has 1 aromatic heterocycles. The van der Waals surface area contributed by atoms with E-state index in [1.54, 1.807) is 12.1 Å². The van der Waals surface area contributed by atoms with Crippen LogP contribution in [-0.4, -0.2) is 4.98 Å². The molecule has 0 amide bonds. The summed E-state index contributed by atoms with van der Waals surface area (Å²) in [5.41, 5.74) is 2.52. The highest BCUT2D eigenvalue weighted by molar-refractivity contribution is 5.84. The van der Waals surface area contributed by atoms with Crippen molar-refractivity contribution >= 4 is 10.9 Å². The lowest BCUT2D eigenvalue weighted by molar-refractivity contribution is 1.28. The first kappa shape index (κ1) is 8.34. The van der Waals surface area contributed by atoms with Gasteiger partial charge < -0.3 is 4.98 Å². The zero-order valence-electron chi connectivity index (χ0n) is 7.41. The number of rotatable bonds is 1. The molecule has 1 aromatic carbocycles. The van der Waals surface area contributed by atoms with Crippen LogP contribution >= 0.6 is 0 Å². The Balaban J connectivity index is 2.62. The fourth-order valence-corrected chi connectivity index (χ4v) is 1.49. The van der Waals surface area contributed by atoms with E-state index in [1.807, 2.05) is 12.3 Å². The average molecular weight is 181 g/mol. The minimum Gasteiger partial charge on any atom is -0.361 e. The van der Waals surface area contributed by atoms with Crippen LogP contribution in [0.4, 0.5) is 0 Å². The summed E-state index contributed by atoms with van der Waals surface area (Å²) >= 11 is 0. The van der Waals surface area contributed by atoms with Crippen molar-refractivity contribution in [2.45, 2.75) is 6.42 Å². The number of hydrogen-bond acceptors (Lipinski definition) is 2. The molecule has 3 heteroatoms. The molecule has 1 N–H and O–H groups in total. The molecule has 0 saturated carbocycles. The monoisotopic (exact) mass is 181 g/mol. The highest BCUT2D eigenvalue weighted by Gasteiger charge is 2.03. The largest absolute Gasteiger partial charge is 0.361 e. The smallest absolute Gasteiger partial charge is 0.0992 e.